The fourth-order valence-electron chi connectivity index (χ4n) is 2.59. The molecule has 1 aliphatic rings. The van der Waals surface area contributed by atoms with Crippen molar-refractivity contribution in [3.05, 3.63) is 29.3 Å². The Morgan fingerprint density at radius 1 is 1.18 bits per heavy atom. The lowest BCUT2D eigenvalue weighted by atomic mass is 10.0. The molecule has 0 radical (unpaired) electrons. The molecule has 22 heavy (non-hydrogen) atoms. The second-order valence-corrected chi connectivity index (χ2v) is 5.25. The molecule has 1 aromatic rings. The first-order chi connectivity index (χ1) is 10.4. The van der Waals surface area contributed by atoms with Gasteiger partial charge in [-0.3, -0.25) is 4.90 Å². The number of likely N-dealkylation sites (N-methyl/N-ethyl adjacent to an activating group) is 1. The van der Waals surface area contributed by atoms with E-state index in [9.17, 15) is 18.0 Å². The van der Waals surface area contributed by atoms with Crippen molar-refractivity contribution in [2.24, 2.45) is 4.99 Å². The SMILES string of the molecule is CCN1CCN(Cc2ccc(N=C=O)cc2C(F)(F)F)CC1. The summed E-state index contributed by atoms with van der Waals surface area (Å²) < 4.78 is 39.5. The number of piperazine rings is 1. The first-order valence-electron chi connectivity index (χ1n) is 7.16. The highest BCUT2D eigenvalue weighted by Gasteiger charge is 2.34. The maximum absolute atomic E-state index is 13.2. The van der Waals surface area contributed by atoms with Crippen LogP contribution in [0.3, 0.4) is 0 Å². The van der Waals surface area contributed by atoms with Gasteiger partial charge in [-0.1, -0.05) is 13.0 Å². The minimum Gasteiger partial charge on any atom is -0.301 e. The number of hydrogen-bond acceptors (Lipinski definition) is 4. The van der Waals surface area contributed by atoms with Gasteiger partial charge in [0.2, 0.25) is 6.08 Å². The summed E-state index contributed by atoms with van der Waals surface area (Å²) in [7, 11) is 0. The van der Waals surface area contributed by atoms with Crippen LogP contribution in [0.5, 0.6) is 0 Å². The maximum Gasteiger partial charge on any atom is 0.416 e. The van der Waals surface area contributed by atoms with Gasteiger partial charge in [0.25, 0.3) is 0 Å². The summed E-state index contributed by atoms with van der Waals surface area (Å²) in [6.45, 7) is 6.51. The van der Waals surface area contributed by atoms with Gasteiger partial charge in [0.1, 0.15) is 0 Å². The van der Waals surface area contributed by atoms with Crippen LogP contribution in [0.4, 0.5) is 18.9 Å². The molecule has 1 fully saturated rings. The number of isocyanates is 1. The topological polar surface area (TPSA) is 35.9 Å². The van der Waals surface area contributed by atoms with Crippen LogP contribution >= 0.6 is 0 Å². The number of benzene rings is 1. The Morgan fingerprint density at radius 2 is 1.82 bits per heavy atom. The van der Waals surface area contributed by atoms with Gasteiger partial charge in [-0.2, -0.15) is 18.2 Å². The number of aliphatic imine (C=N–C) groups is 1. The van der Waals surface area contributed by atoms with Crippen molar-refractivity contribution in [1.82, 2.24) is 9.80 Å². The van der Waals surface area contributed by atoms with Crippen molar-refractivity contribution in [2.75, 3.05) is 32.7 Å². The van der Waals surface area contributed by atoms with Crippen LogP contribution in [0.1, 0.15) is 18.1 Å². The molecule has 1 heterocycles. The minimum absolute atomic E-state index is 0.0260. The third kappa shape index (κ3) is 4.16. The van der Waals surface area contributed by atoms with Crippen LogP contribution in [0.25, 0.3) is 0 Å². The molecule has 0 aliphatic carbocycles. The average molecular weight is 313 g/mol. The van der Waals surface area contributed by atoms with Gasteiger partial charge in [-0.05, 0) is 24.2 Å². The Balaban J connectivity index is 2.18. The van der Waals surface area contributed by atoms with Crippen LogP contribution in [-0.2, 0) is 17.5 Å². The number of hydrogen-bond donors (Lipinski definition) is 0. The predicted octanol–water partition coefficient (Wildman–Crippen LogP) is 2.81. The van der Waals surface area contributed by atoms with Crippen LogP contribution in [0.2, 0.25) is 0 Å². The van der Waals surface area contributed by atoms with E-state index < -0.39 is 11.7 Å². The van der Waals surface area contributed by atoms with Crippen molar-refractivity contribution >= 4 is 11.8 Å². The Kier molecular flexibility index (Phi) is 5.34. The molecule has 0 N–H and O–H groups in total. The summed E-state index contributed by atoms with van der Waals surface area (Å²) in [6, 6.07) is 3.71. The van der Waals surface area contributed by atoms with Crippen molar-refractivity contribution in [1.29, 1.82) is 0 Å². The number of halogens is 3. The van der Waals surface area contributed by atoms with E-state index in [0.717, 1.165) is 38.8 Å². The lowest BCUT2D eigenvalue weighted by Gasteiger charge is -2.34. The van der Waals surface area contributed by atoms with Crippen LogP contribution in [-0.4, -0.2) is 48.6 Å². The Labute approximate surface area is 127 Å². The molecule has 0 spiro atoms. The zero-order chi connectivity index (χ0) is 16.2. The van der Waals surface area contributed by atoms with Crippen molar-refractivity contribution < 1.29 is 18.0 Å². The van der Waals surface area contributed by atoms with E-state index in [4.69, 9.17) is 0 Å². The van der Waals surface area contributed by atoms with E-state index in [1.807, 2.05) is 4.90 Å². The second kappa shape index (κ2) is 7.05. The number of carbonyl (C=O) groups excluding carboxylic acids is 1. The third-order valence-corrected chi connectivity index (χ3v) is 3.88. The quantitative estimate of drug-likeness (QED) is 0.633. The molecule has 1 aromatic carbocycles. The molecule has 4 nitrogen and oxygen atoms in total. The summed E-state index contributed by atoms with van der Waals surface area (Å²) in [5, 5.41) is 0. The van der Waals surface area contributed by atoms with Gasteiger partial charge in [0.05, 0.1) is 11.3 Å². The number of alkyl halides is 3. The number of rotatable bonds is 4. The van der Waals surface area contributed by atoms with Crippen molar-refractivity contribution in [2.45, 2.75) is 19.6 Å². The van der Waals surface area contributed by atoms with Gasteiger partial charge < -0.3 is 4.90 Å². The van der Waals surface area contributed by atoms with Crippen molar-refractivity contribution in [3.8, 4) is 0 Å². The molecule has 0 amide bonds. The predicted molar refractivity (Wildman–Crippen MR) is 76.6 cm³/mol. The molecule has 1 aliphatic heterocycles. The van der Waals surface area contributed by atoms with E-state index in [1.54, 1.807) is 0 Å². The standard InChI is InChI=1S/C15H18F3N3O/c1-2-20-5-7-21(8-6-20)10-12-3-4-13(19-11-22)9-14(12)15(16,17)18/h3-4,9H,2,5-8,10H2,1H3. The molecular formula is C15H18F3N3O. The average Bonchev–Trinajstić information content (AvgIpc) is 2.49. The minimum atomic E-state index is -4.46. The molecule has 2 rings (SSSR count). The molecule has 1 saturated heterocycles. The Hall–Kier alpha value is -1.69. The monoisotopic (exact) mass is 313 g/mol. The van der Waals surface area contributed by atoms with E-state index in [-0.39, 0.29) is 17.8 Å². The maximum atomic E-state index is 13.2. The highest BCUT2D eigenvalue weighted by atomic mass is 19.4. The van der Waals surface area contributed by atoms with E-state index in [2.05, 4.69) is 16.8 Å². The largest absolute Gasteiger partial charge is 0.416 e. The molecule has 0 unspecified atom stereocenters. The lowest BCUT2D eigenvalue weighted by molar-refractivity contribution is -0.138. The zero-order valence-electron chi connectivity index (χ0n) is 12.4. The summed E-state index contributed by atoms with van der Waals surface area (Å²) in [5.74, 6) is 0. The molecule has 0 aromatic heterocycles. The molecule has 7 heteroatoms. The Morgan fingerprint density at radius 3 is 2.36 bits per heavy atom. The van der Waals surface area contributed by atoms with Crippen LogP contribution in [0, 0.1) is 0 Å². The molecule has 120 valence electrons. The summed E-state index contributed by atoms with van der Waals surface area (Å²) in [4.78, 5) is 17.8. The summed E-state index contributed by atoms with van der Waals surface area (Å²) >= 11 is 0. The van der Waals surface area contributed by atoms with Gasteiger partial charge in [0, 0.05) is 32.7 Å². The molecule has 0 atom stereocenters. The summed E-state index contributed by atoms with van der Waals surface area (Å²) in [5.41, 5.74) is -0.550. The molecule has 0 bridgehead atoms. The zero-order valence-corrected chi connectivity index (χ0v) is 12.4. The molecule has 0 saturated carbocycles. The number of nitrogens with zero attached hydrogens (tertiary/aromatic N) is 3. The first-order valence-corrected chi connectivity index (χ1v) is 7.16. The van der Waals surface area contributed by atoms with Gasteiger partial charge in [-0.15, -0.1) is 0 Å². The van der Waals surface area contributed by atoms with E-state index >= 15 is 0 Å². The smallest absolute Gasteiger partial charge is 0.301 e. The second-order valence-electron chi connectivity index (χ2n) is 5.25. The fourth-order valence-corrected chi connectivity index (χ4v) is 2.59. The van der Waals surface area contributed by atoms with Crippen LogP contribution < -0.4 is 0 Å². The fraction of sp³-hybridized carbons (Fsp3) is 0.533. The van der Waals surface area contributed by atoms with Gasteiger partial charge in [0.15, 0.2) is 0 Å². The van der Waals surface area contributed by atoms with Gasteiger partial charge >= 0.3 is 6.18 Å². The van der Waals surface area contributed by atoms with Crippen LogP contribution in [0.15, 0.2) is 23.2 Å². The Bertz CT molecular complexity index is 560. The first kappa shape index (κ1) is 16.7. The highest BCUT2D eigenvalue weighted by molar-refractivity contribution is 5.52. The van der Waals surface area contributed by atoms with Crippen molar-refractivity contribution in [3.63, 3.8) is 0 Å². The normalized spacial score (nSPS) is 17.3. The third-order valence-electron chi connectivity index (χ3n) is 3.88. The van der Waals surface area contributed by atoms with Gasteiger partial charge in [-0.25, -0.2) is 4.79 Å². The highest BCUT2D eigenvalue weighted by Crippen LogP contribution is 2.35. The van der Waals surface area contributed by atoms with E-state index in [1.165, 1.54) is 18.2 Å². The molecular weight excluding hydrogens is 295 g/mol. The summed E-state index contributed by atoms with van der Waals surface area (Å²) in [6.07, 6.45) is -3.20. The lowest BCUT2D eigenvalue weighted by Crippen LogP contribution is -2.45. The van der Waals surface area contributed by atoms with E-state index in [0.29, 0.717) is 0 Å².